The van der Waals surface area contributed by atoms with Crippen molar-refractivity contribution in [3.63, 3.8) is 0 Å². The highest BCUT2D eigenvalue weighted by Gasteiger charge is 2.49. The van der Waals surface area contributed by atoms with Gasteiger partial charge >= 0.3 is 5.91 Å². The van der Waals surface area contributed by atoms with Crippen molar-refractivity contribution in [1.29, 1.82) is 0 Å². The van der Waals surface area contributed by atoms with Gasteiger partial charge in [0.15, 0.2) is 15.8 Å². The second-order valence-corrected chi connectivity index (χ2v) is 11.9. The highest BCUT2D eigenvalue weighted by molar-refractivity contribution is 8.00. The number of aliphatic hydroxyl groups excluding tert-OH is 1. The summed E-state index contributed by atoms with van der Waals surface area (Å²) in [6.45, 7) is 2.52. The second kappa shape index (κ2) is 14.0. The highest BCUT2D eigenvalue weighted by Crippen LogP contribution is 2.48. The van der Waals surface area contributed by atoms with Gasteiger partial charge in [0.25, 0.3) is 5.78 Å². The van der Waals surface area contributed by atoms with E-state index in [1.165, 1.54) is 44.1 Å². The molecule has 45 heavy (non-hydrogen) atoms. The molecule has 1 atom stereocenters. The summed E-state index contributed by atoms with van der Waals surface area (Å²) >= 11 is 2.32. The van der Waals surface area contributed by atoms with E-state index in [9.17, 15) is 19.1 Å². The highest BCUT2D eigenvalue weighted by atomic mass is 32.2. The molecule has 0 radical (unpaired) electrons. The number of rotatable bonds is 12. The topological polar surface area (TPSA) is 120 Å². The van der Waals surface area contributed by atoms with E-state index in [4.69, 9.17) is 18.9 Å². The molecule has 1 amide bonds. The largest absolute Gasteiger partial charge is 0.507 e. The maximum absolute atomic E-state index is 14.2. The van der Waals surface area contributed by atoms with Gasteiger partial charge in [-0.25, -0.2) is 4.39 Å². The third kappa shape index (κ3) is 6.45. The summed E-state index contributed by atoms with van der Waals surface area (Å²) in [5.41, 5.74) is 1.03. The van der Waals surface area contributed by atoms with E-state index < -0.39 is 17.7 Å². The minimum absolute atomic E-state index is 0.120. The van der Waals surface area contributed by atoms with Gasteiger partial charge in [-0.05, 0) is 60.0 Å². The fraction of sp³-hybridized carbons (Fsp3) is 0.250. The number of carbonyl (C=O) groups is 2. The van der Waals surface area contributed by atoms with Crippen LogP contribution in [0.2, 0.25) is 0 Å². The van der Waals surface area contributed by atoms with Crippen LogP contribution in [0.15, 0.2) is 70.6 Å². The zero-order valence-electron chi connectivity index (χ0n) is 24.9. The normalized spacial score (nSPS) is 15.8. The van der Waals surface area contributed by atoms with Gasteiger partial charge in [-0.15, -0.1) is 10.2 Å². The van der Waals surface area contributed by atoms with Crippen molar-refractivity contribution in [2.45, 2.75) is 29.5 Å². The number of halogens is 1. The molecule has 2 heterocycles. The number of hydrogen-bond donors (Lipinski definition) is 1. The van der Waals surface area contributed by atoms with Crippen molar-refractivity contribution < 1.29 is 38.0 Å². The average Bonchev–Trinajstić information content (AvgIpc) is 3.63. The molecule has 1 aliphatic rings. The molecule has 0 saturated carbocycles. The Bertz CT molecular complexity index is 1720. The monoisotopic (exact) mass is 651 g/mol. The van der Waals surface area contributed by atoms with Gasteiger partial charge in [-0.3, -0.25) is 14.5 Å². The van der Waals surface area contributed by atoms with Gasteiger partial charge in [0, 0.05) is 11.3 Å². The molecule has 5 rings (SSSR count). The van der Waals surface area contributed by atoms with Gasteiger partial charge in [-0.2, -0.15) is 0 Å². The summed E-state index contributed by atoms with van der Waals surface area (Å²) < 4.78 is 36.8. The zero-order valence-corrected chi connectivity index (χ0v) is 26.5. The molecule has 1 aromatic heterocycles. The molecule has 0 spiro atoms. The Morgan fingerprint density at radius 2 is 1.69 bits per heavy atom. The van der Waals surface area contributed by atoms with Crippen molar-refractivity contribution in [2.75, 3.05) is 32.8 Å². The summed E-state index contributed by atoms with van der Waals surface area (Å²) in [5, 5.41) is 20.1. The number of aromatic nitrogens is 2. The first-order chi connectivity index (χ1) is 21.8. The fourth-order valence-corrected chi connectivity index (χ4v) is 6.66. The SMILES string of the molecule is CCCOc1ccc(/C(O)=C2/C(=O)C(=O)N(c3nnc(SCc4ccccc4F)s3)C2c2cc(OC)c(OC)c(OC)c2)cc1. The lowest BCUT2D eigenvalue weighted by atomic mass is 9.94. The van der Waals surface area contributed by atoms with Crippen molar-refractivity contribution in [3.05, 3.63) is 88.7 Å². The Labute approximate surface area is 267 Å². The zero-order chi connectivity index (χ0) is 32.1. The first-order valence-electron chi connectivity index (χ1n) is 13.8. The third-order valence-electron chi connectivity index (χ3n) is 6.96. The van der Waals surface area contributed by atoms with Crippen LogP contribution in [-0.4, -0.2) is 54.9 Å². The van der Waals surface area contributed by atoms with E-state index in [0.29, 0.717) is 39.1 Å². The number of Topliss-reactive ketones (excluding diaryl/α,β-unsaturated/α-hetero) is 1. The number of thioether (sulfide) groups is 1. The van der Waals surface area contributed by atoms with Crippen molar-refractivity contribution in [3.8, 4) is 23.0 Å². The van der Waals surface area contributed by atoms with Crippen molar-refractivity contribution in [1.82, 2.24) is 10.2 Å². The quantitative estimate of drug-likeness (QED) is 0.0605. The predicted molar refractivity (Wildman–Crippen MR) is 169 cm³/mol. The molecule has 1 aliphatic heterocycles. The molecule has 1 saturated heterocycles. The fourth-order valence-electron chi connectivity index (χ4n) is 4.80. The minimum atomic E-state index is -1.13. The van der Waals surface area contributed by atoms with Crippen LogP contribution in [0.5, 0.6) is 23.0 Å². The number of nitrogens with zero attached hydrogens (tertiary/aromatic N) is 3. The number of benzene rings is 3. The summed E-state index contributed by atoms with van der Waals surface area (Å²) in [7, 11) is 4.36. The number of amides is 1. The molecule has 1 fully saturated rings. The second-order valence-electron chi connectivity index (χ2n) is 9.73. The Morgan fingerprint density at radius 1 is 1.00 bits per heavy atom. The summed E-state index contributed by atoms with van der Waals surface area (Å²) in [6, 6.07) is 15.1. The number of ether oxygens (including phenoxy) is 4. The lowest BCUT2D eigenvalue weighted by Crippen LogP contribution is -2.29. The van der Waals surface area contributed by atoms with E-state index in [-0.39, 0.29) is 39.5 Å². The number of ketones is 1. The Hall–Kier alpha value is -4.62. The number of carbonyl (C=O) groups excluding carboxylic acids is 2. The molecule has 0 bridgehead atoms. The molecule has 0 aliphatic carbocycles. The van der Waals surface area contributed by atoms with E-state index in [1.54, 1.807) is 54.6 Å². The third-order valence-corrected chi connectivity index (χ3v) is 9.06. The lowest BCUT2D eigenvalue weighted by molar-refractivity contribution is -0.132. The van der Waals surface area contributed by atoms with E-state index in [1.807, 2.05) is 6.92 Å². The van der Waals surface area contributed by atoms with Crippen LogP contribution in [0.3, 0.4) is 0 Å². The molecular formula is C32H30FN3O7S2. The van der Waals surface area contributed by atoms with Gasteiger partial charge in [0.05, 0.1) is 39.6 Å². The van der Waals surface area contributed by atoms with E-state index in [0.717, 1.165) is 17.8 Å². The van der Waals surface area contributed by atoms with E-state index in [2.05, 4.69) is 10.2 Å². The molecule has 1 N–H and O–H groups in total. The minimum Gasteiger partial charge on any atom is -0.507 e. The molecule has 10 nitrogen and oxygen atoms in total. The molecule has 13 heteroatoms. The summed E-state index contributed by atoms with van der Waals surface area (Å²) in [5.74, 6) is -0.762. The van der Waals surface area contributed by atoms with Crippen LogP contribution in [-0.2, 0) is 15.3 Å². The molecule has 4 aromatic rings. The lowest BCUT2D eigenvalue weighted by Gasteiger charge is -2.24. The smallest absolute Gasteiger partial charge is 0.301 e. The van der Waals surface area contributed by atoms with Gasteiger partial charge in [-0.1, -0.05) is 48.2 Å². The van der Waals surface area contributed by atoms with Crippen LogP contribution in [0.4, 0.5) is 9.52 Å². The maximum Gasteiger partial charge on any atom is 0.301 e. The van der Waals surface area contributed by atoms with Crippen LogP contribution < -0.4 is 23.8 Å². The maximum atomic E-state index is 14.2. The molecule has 1 unspecified atom stereocenters. The van der Waals surface area contributed by atoms with Gasteiger partial charge < -0.3 is 24.1 Å². The summed E-state index contributed by atoms with van der Waals surface area (Å²) in [6.07, 6.45) is 0.828. The van der Waals surface area contributed by atoms with Crippen molar-refractivity contribution in [2.24, 2.45) is 0 Å². The Kier molecular flexibility index (Phi) is 9.89. The van der Waals surface area contributed by atoms with Crippen molar-refractivity contribution >= 4 is 45.7 Å². The Morgan fingerprint density at radius 3 is 2.31 bits per heavy atom. The standard InChI is InChI=1S/C32H30FN3O7S2/c1-5-14-43-21-12-10-18(11-13-21)27(37)25-26(20-15-23(40-2)29(42-4)24(16-20)41-3)36(30(39)28(25)38)31-34-35-32(45-31)44-17-19-8-6-7-9-22(19)33/h6-13,15-16,26,37H,5,14,17H2,1-4H3/b27-25-. The van der Waals surface area contributed by atoms with E-state index >= 15 is 0 Å². The van der Waals surface area contributed by atoms with Crippen LogP contribution in [0.25, 0.3) is 5.76 Å². The molecule has 3 aromatic carbocycles. The average molecular weight is 652 g/mol. The van der Waals surface area contributed by atoms with Crippen LogP contribution in [0, 0.1) is 5.82 Å². The first kappa shape index (κ1) is 31.8. The first-order valence-corrected chi connectivity index (χ1v) is 15.6. The van der Waals surface area contributed by atoms with Crippen LogP contribution in [0.1, 0.15) is 36.1 Å². The molecule has 234 valence electrons. The number of methoxy groups -OCH3 is 3. The van der Waals surface area contributed by atoms with Gasteiger partial charge in [0.2, 0.25) is 10.9 Å². The van der Waals surface area contributed by atoms with Crippen LogP contribution >= 0.6 is 23.1 Å². The number of aliphatic hydroxyl groups is 1. The van der Waals surface area contributed by atoms with Gasteiger partial charge in [0.1, 0.15) is 17.3 Å². The Balaban J connectivity index is 1.60. The molecular weight excluding hydrogens is 621 g/mol. The number of hydrogen-bond acceptors (Lipinski definition) is 11. The number of anilines is 1. The summed E-state index contributed by atoms with van der Waals surface area (Å²) in [4.78, 5) is 28.5. The predicted octanol–water partition coefficient (Wildman–Crippen LogP) is 6.41.